The lowest BCUT2D eigenvalue weighted by atomic mass is 10.1. The van der Waals surface area contributed by atoms with Crippen LogP contribution in [-0.4, -0.2) is 29.0 Å². The Morgan fingerprint density at radius 1 is 1.28 bits per heavy atom. The monoisotopic (exact) mass is 243 g/mol. The molecule has 94 valence electrons. The first-order valence-electron chi connectivity index (χ1n) is 6.39. The zero-order chi connectivity index (χ0) is 12.2. The van der Waals surface area contributed by atoms with Gasteiger partial charge < -0.3 is 10.1 Å². The summed E-state index contributed by atoms with van der Waals surface area (Å²) in [7, 11) is 0. The zero-order valence-corrected chi connectivity index (χ0v) is 10.2. The van der Waals surface area contributed by atoms with Crippen molar-refractivity contribution in [3.8, 4) is 11.4 Å². The fourth-order valence-corrected chi connectivity index (χ4v) is 2.20. The number of nitrogens with one attached hydrogen (secondary N) is 1. The maximum absolute atomic E-state index is 5.91. The molecular formula is C14H17N3O. The molecular weight excluding hydrogens is 226 g/mol. The molecule has 4 heteroatoms. The average molecular weight is 243 g/mol. The van der Waals surface area contributed by atoms with Crippen LogP contribution in [-0.2, 0) is 0 Å². The van der Waals surface area contributed by atoms with Crippen LogP contribution in [0.2, 0.25) is 0 Å². The number of benzene rings is 1. The topological polar surface area (TPSA) is 39.1 Å². The minimum Gasteiger partial charge on any atom is -0.486 e. The van der Waals surface area contributed by atoms with E-state index in [-0.39, 0.29) is 6.10 Å². The number of hydrogen-bond acceptors (Lipinski definition) is 3. The van der Waals surface area contributed by atoms with Crippen molar-refractivity contribution >= 4 is 0 Å². The highest BCUT2D eigenvalue weighted by Crippen LogP contribution is 2.17. The number of nitrogens with zero attached hydrogens (tertiary/aromatic N) is 2. The molecule has 3 rings (SSSR count). The molecule has 1 N–H and O–H groups in total. The molecule has 1 atom stereocenters. The third-order valence-corrected chi connectivity index (χ3v) is 3.13. The van der Waals surface area contributed by atoms with E-state index in [1.54, 1.807) is 6.20 Å². The lowest BCUT2D eigenvalue weighted by Crippen LogP contribution is -2.37. The predicted molar refractivity (Wildman–Crippen MR) is 70.1 cm³/mol. The van der Waals surface area contributed by atoms with Crippen molar-refractivity contribution in [2.45, 2.75) is 18.9 Å². The van der Waals surface area contributed by atoms with Crippen LogP contribution in [0.1, 0.15) is 12.8 Å². The Morgan fingerprint density at radius 2 is 2.17 bits per heavy atom. The molecule has 0 amide bonds. The number of rotatable bonds is 3. The van der Waals surface area contributed by atoms with Gasteiger partial charge in [0.15, 0.2) is 5.75 Å². The minimum absolute atomic E-state index is 0.271. The SMILES string of the molecule is c1ccc(-n2cc(OC3CCCNC3)cn2)cc1. The van der Waals surface area contributed by atoms with Crippen LogP contribution in [0.4, 0.5) is 0 Å². The number of piperidine rings is 1. The summed E-state index contributed by atoms with van der Waals surface area (Å²) in [6.07, 6.45) is 6.28. The highest BCUT2D eigenvalue weighted by Gasteiger charge is 2.15. The fourth-order valence-electron chi connectivity index (χ4n) is 2.20. The van der Waals surface area contributed by atoms with Crippen LogP contribution in [0.5, 0.6) is 5.75 Å². The second kappa shape index (κ2) is 5.23. The fraction of sp³-hybridized carbons (Fsp3) is 0.357. The van der Waals surface area contributed by atoms with Gasteiger partial charge in [0.05, 0.1) is 18.1 Å². The van der Waals surface area contributed by atoms with E-state index in [1.165, 1.54) is 6.42 Å². The van der Waals surface area contributed by atoms with Gasteiger partial charge in [0.2, 0.25) is 0 Å². The van der Waals surface area contributed by atoms with E-state index in [1.807, 2.05) is 41.2 Å². The van der Waals surface area contributed by atoms with Gasteiger partial charge >= 0.3 is 0 Å². The molecule has 0 aliphatic carbocycles. The van der Waals surface area contributed by atoms with Crippen molar-refractivity contribution in [1.29, 1.82) is 0 Å². The van der Waals surface area contributed by atoms with E-state index < -0.39 is 0 Å². The summed E-state index contributed by atoms with van der Waals surface area (Å²) in [6, 6.07) is 10.1. The first-order valence-corrected chi connectivity index (χ1v) is 6.39. The quantitative estimate of drug-likeness (QED) is 0.896. The van der Waals surface area contributed by atoms with Crippen LogP contribution in [0.3, 0.4) is 0 Å². The lowest BCUT2D eigenvalue weighted by Gasteiger charge is -2.22. The van der Waals surface area contributed by atoms with Gasteiger partial charge in [0, 0.05) is 6.54 Å². The number of hydrogen-bond donors (Lipinski definition) is 1. The normalized spacial score (nSPS) is 19.7. The molecule has 0 bridgehead atoms. The molecule has 4 nitrogen and oxygen atoms in total. The third-order valence-electron chi connectivity index (χ3n) is 3.13. The van der Waals surface area contributed by atoms with E-state index in [4.69, 9.17) is 4.74 Å². The van der Waals surface area contributed by atoms with Crippen LogP contribution in [0, 0.1) is 0 Å². The summed E-state index contributed by atoms with van der Waals surface area (Å²) in [5.74, 6) is 0.840. The van der Waals surface area contributed by atoms with Crippen molar-refractivity contribution in [2.24, 2.45) is 0 Å². The van der Waals surface area contributed by atoms with Crippen molar-refractivity contribution in [3.05, 3.63) is 42.7 Å². The van der Waals surface area contributed by atoms with Gasteiger partial charge in [-0.25, -0.2) is 4.68 Å². The molecule has 2 heterocycles. The van der Waals surface area contributed by atoms with Crippen LogP contribution in [0.15, 0.2) is 42.7 Å². The van der Waals surface area contributed by atoms with E-state index >= 15 is 0 Å². The molecule has 1 aliphatic heterocycles. The Balaban J connectivity index is 1.69. The van der Waals surface area contributed by atoms with E-state index in [0.717, 1.165) is 30.9 Å². The molecule has 0 spiro atoms. The third kappa shape index (κ3) is 2.54. The van der Waals surface area contributed by atoms with Gasteiger partial charge in [-0.3, -0.25) is 0 Å². The standard InChI is InChI=1S/C14H17N3O/c1-2-5-12(6-3-1)17-11-14(10-16-17)18-13-7-4-8-15-9-13/h1-3,5-6,10-11,13,15H,4,7-9H2. The Morgan fingerprint density at radius 3 is 2.94 bits per heavy atom. The summed E-state index contributed by atoms with van der Waals surface area (Å²) < 4.78 is 7.75. The van der Waals surface area contributed by atoms with Gasteiger partial charge in [-0.05, 0) is 31.5 Å². The van der Waals surface area contributed by atoms with Crippen molar-refractivity contribution in [3.63, 3.8) is 0 Å². The Hall–Kier alpha value is -1.81. The molecule has 1 aliphatic rings. The summed E-state index contributed by atoms with van der Waals surface area (Å²) in [4.78, 5) is 0. The smallest absolute Gasteiger partial charge is 0.158 e. The highest BCUT2D eigenvalue weighted by atomic mass is 16.5. The van der Waals surface area contributed by atoms with Crippen LogP contribution >= 0.6 is 0 Å². The maximum atomic E-state index is 5.91. The molecule has 2 aromatic rings. The molecule has 18 heavy (non-hydrogen) atoms. The zero-order valence-electron chi connectivity index (χ0n) is 10.2. The molecule has 1 saturated heterocycles. The minimum atomic E-state index is 0.271. The van der Waals surface area contributed by atoms with Gasteiger partial charge in [-0.2, -0.15) is 5.10 Å². The second-order valence-corrected chi connectivity index (χ2v) is 4.54. The van der Waals surface area contributed by atoms with Gasteiger partial charge in [0.1, 0.15) is 6.10 Å². The van der Waals surface area contributed by atoms with Gasteiger partial charge in [0.25, 0.3) is 0 Å². The molecule has 0 saturated carbocycles. The van der Waals surface area contributed by atoms with Crippen molar-refractivity contribution in [2.75, 3.05) is 13.1 Å². The van der Waals surface area contributed by atoms with Gasteiger partial charge in [-0.15, -0.1) is 0 Å². The summed E-state index contributed by atoms with van der Waals surface area (Å²) in [6.45, 7) is 2.03. The second-order valence-electron chi connectivity index (χ2n) is 4.54. The summed E-state index contributed by atoms with van der Waals surface area (Å²) in [5.41, 5.74) is 1.05. The first kappa shape index (κ1) is 11.3. The Kier molecular flexibility index (Phi) is 3.28. The first-order chi connectivity index (χ1) is 8.92. The molecule has 1 aromatic carbocycles. The molecule has 1 aromatic heterocycles. The summed E-state index contributed by atoms with van der Waals surface area (Å²) in [5, 5.41) is 7.66. The number of para-hydroxylation sites is 1. The number of ether oxygens (including phenoxy) is 1. The molecule has 1 fully saturated rings. The highest BCUT2D eigenvalue weighted by molar-refractivity contribution is 5.32. The molecule has 1 unspecified atom stereocenters. The predicted octanol–water partition coefficient (Wildman–Crippen LogP) is 2.00. The van der Waals surface area contributed by atoms with Gasteiger partial charge in [-0.1, -0.05) is 18.2 Å². The number of aromatic nitrogens is 2. The summed E-state index contributed by atoms with van der Waals surface area (Å²) >= 11 is 0. The van der Waals surface area contributed by atoms with Crippen molar-refractivity contribution < 1.29 is 4.74 Å². The van der Waals surface area contributed by atoms with Crippen LogP contribution < -0.4 is 10.1 Å². The maximum Gasteiger partial charge on any atom is 0.158 e. The van der Waals surface area contributed by atoms with Crippen LogP contribution in [0.25, 0.3) is 5.69 Å². The Labute approximate surface area is 107 Å². The Bertz CT molecular complexity index is 489. The van der Waals surface area contributed by atoms with E-state index in [0.29, 0.717) is 0 Å². The van der Waals surface area contributed by atoms with E-state index in [9.17, 15) is 0 Å². The largest absolute Gasteiger partial charge is 0.486 e. The lowest BCUT2D eigenvalue weighted by molar-refractivity contribution is 0.167. The van der Waals surface area contributed by atoms with Crippen molar-refractivity contribution in [1.82, 2.24) is 15.1 Å². The van der Waals surface area contributed by atoms with E-state index in [2.05, 4.69) is 10.4 Å². The molecule has 0 radical (unpaired) electrons. The average Bonchev–Trinajstić information content (AvgIpc) is 2.89.